The Hall–Kier alpha value is -1.97. The minimum absolute atomic E-state index is 0.145. The molecule has 1 aromatic carbocycles. The average Bonchev–Trinajstić information content (AvgIpc) is 2.80. The zero-order chi connectivity index (χ0) is 13.1. The Morgan fingerprint density at radius 3 is 2.89 bits per heavy atom. The van der Waals surface area contributed by atoms with Gasteiger partial charge in [0, 0.05) is 29.2 Å². The lowest BCUT2D eigenvalue weighted by molar-refractivity contribution is 0.318. The summed E-state index contributed by atoms with van der Waals surface area (Å²) in [5.74, 6) is 0.802. The molecule has 1 unspecified atom stereocenters. The molecule has 1 heterocycles. The van der Waals surface area contributed by atoms with Gasteiger partial charge < -0.3 is 15.5 Å². The van der Waals surface area contributed by atoms with Gasteiger partial charge in [-0.1, -0.05) is 25.4 Å². The Morgan fingerprint density at radius 1 is 1.44 bits per heavy atom. The maximum atomic E-state index is 8.67. The van der Waals surface area contributed by atoms with E-state index in [1.165, 1.54) is 11.9 Å². The first-order valence-electron chi connectivity index (χ1n) is 6.22. The maximum absolute atomic E-state index is 8.67. The Morgan fingerprint density at radius 2 is 2.22 bits per heavy atom. The predicted molar refractivity (Wildman–Crippen MR) is 73.9 cm³/mol. The molecule has 18 heavy (non-hydrogen) atoms. The van der Waals surface area contributed by atoms with Crippen LogP contribution in [-0.4, -0.2) is 15.6 Å². The molecule has 3 N–H and O–H groups in total. The third kappa shape index (κ3) is 2.32. The quantitative estimate of drug-likeness (QED) is 0.376. The van der Waals surface area contributed by atoms with Crippen LogP contribution in [-0.2, 0) is 6.54 Å². The minimum Gasteiger partial charge on any atom is -0.409 e. The number of amidine groups is 1. The Kier molecular flexibility index (Phi) is 3.55. The molecule has 1 atom stereocenters. The first kappa shape index (κ1) is 12.5. The van der Waals surface area contributed by atoms with E-state index >= 15 is 0 Å². The van der Waals surface area contributed by atoms with Crippen molar-refractivity contribution in [3.8, 4) is 0 Å². The molecule has 2 aromatic rings. The van der Waals surface area contributed by atoms with E-state index < -0.39 is 0 Å². The number of fused-ring (bicyclic) bond motifs is 1. The largest absolute Gasteiger partial charge is 0.409 e. The second-order valence-corrected chi connectivity index (χ2v) is 4.74. The Bertz CT molecular complexity index is 571. The lowest BCUT2D eigenvalue weighted by Gasteiger charge is -2.11. The summed E-state index contributed by atoms with van der Waals surface area (Å²) in [6, 6.07) is 7.90. The van der Waals surface area contributed by atoms with Crippen molar-refractivity contribution >= 4 is 16.7 Å². The summed E-state index contributed by atoms with van der Waals surface area (Å²) in [5.41, 5.74) is 7.51. The van der Waals surface area contributed by atoms with Gasteiger partial charge in [0.25, 0.3) is 0 Å². The molecule has 96 valence electrons. The number of nitrogens with two attached hydrogens (primary N) is 1. The van der Waals surface area contributed by atoms with Gasteiger partial charge in [0.05, 0.1) is 0 Å². The number of rotatable bonds is 4. The smallest absolute Gasteiger partial charge is 0.170 e. The van der Waals surface area contributed by atoms with Crippen molar-refractivity contribution in [2.45, 2.75) is 26.8 Å². The fraction of sp³-hybridized carbons (Fsp3) is 0.357. The Balaban J connectivity index is 2.37. The summed E-state index contributed by atoms with van der Waals surface area (Å²) in [4.78, 5) is 0. The minimum atomic E-state index is 0.145. The van der Waals surface area contributed by atoms with Crippen LogP contribution in [0.25, 0.3) is 10.9 Å². The first-order chi connectivity index (χ1) is 8.65. The highest BCUT2D eigenvalue weighted by Gasteiger charge is 2.06. The predicted octanol–water partition coefficient (Wildman–Crippen LogP) is 2.78. The third-order valence-corrected chi connectivity index (χ3v) is 3.38. The van der Waals surface area contributed by atoms with Crippen LogP contribution in [0.2, 0.25) is 0 Å². The second kappa shape index (κ2) is 5.12. The van der Waals surface area contributed by atoms with Crippen molar-refractivity contribution in [3.05, 3.63) is 36.0 Å². The highest BCUT2D eigenvalue weighted by Crippen LogP contribution is 2.19. The van der Waals surface area contributed by atoms with E-state index in [2.05, 4.69) is 35.8 Å². The monoisotopic (exact) mass is 245 g/mol. The first-order valence-corrected chi connectivity index (χ1v) is 6.22. The third-order valence-electron chi connectivity index (χ3n) is 3.38. The number of benzene rings is 1. The van der Waals surface area contributed by atoms with Crippen LogP contribution in [0.4, 0.5) is 0 Å². The van der Waals surface area contributed by atoms with Gasteiger partial charge in [-0.15, -0.1) is 0 Å². The summed E-state index contributed by atoms with van der Waals surface area (Å²) in [7, 11) is 0. The summed E-state index contributed by atoms with van der Waals surface area (Å²) in [6.45, 7) is 5.46. The van der Waals surface area contributed by atoms with E-state index in [-0.39, 0.29) is 5.84 Å². The molecule has 0 radical (unpaired) electrons. The maximum Gasteiger partial charge on any atom is 0.170 e. The molecule has 0 spiro atoms. The zero-order valence-corrected chi connectivity index (χ0v) is 10.8. The van der Waals surface area contributed by atoms with Gasteiger partial charge in [-0.3, -0.25) is 0 Å². The average molecular weight is 245 g/mol. The van der Waals surface area contributed by atoms with Gasteiger partial charge in [0.15, 0.2) is 5.84 Å². The van der Waals surface area contributed by atoms with E-state index in [9.17, 15) is 0 Å². The van der Waals surface area contributed by atoms with Gasteiger partial charge in [-0.05, 0) is 30.2 Å². The second-order valence-electron chi connectivity index (χ2n) is 4.74. The van der Waals surface area contributed by atoms with E-state index in [1.807, 2.05) is 18.2 Å². The molecule has 2 rings (SSSR count). The summed E-state index contributed by atoms with van der Waals surface area (Å²) in [5, 5.41) is 12.8. The van der Waals surface area contributed by atoms with Gasteiger partial charge in [0.2, 0.25) is 0 Å². The fourth-order valence-corrected chi connectivity index (χ4v) is 2.04. The lowest BCUT2D eigenvalue weighted by atomic mass is 10.1. The van der Waals surface area contributed by atoms with E-state index in [0.717, 1.165) is 17.5 Å². The van der Waals surface area contributed by atoms with Crippen LogP contribution in [0.1, 0.15) is 25.8 Å². The normalized spacial score (nSPS) is 14.0. The van der Waals surface area contributed by atoms with E-state index in [4.69, 9.17) is 10.9 Å². The topological polar surface area (TPSA) is 63.5 Å². The number of nitrogens with zero attached hydrogens (tertiary/aromatic N) is 2. The molecule has 0 amide bonds. The van der Waals surface area contributed by atoms with Crippen LogP contribution >= 0.6 is 0 Å². The van der Waals surface area contributed by atoms with E-state index in [1.54, 1.807) is 0 Å². The van der Waals surface area contributed by atoms with Crippen LogP contribution in [0.5, 0.6) is 0 Å². The molecular weight excluding hydrogens is 226 g/mol. The van der Waals surface area contributed by atoms with Gasteiger partial charge in [-0.25, -0.2) is 0 Å². The van der Waals surface area contributed by atoms with Crippen LogP contribution in [0.15, 0.2) is 35.6 Å². The van der Waals surface area contributed by atoms with Crippen LogP contribution in [0, 0.1) is 5.92 Å². The van der Waals surface area contributed by atoms with Crippen molar-refractivity contribution in [1.82, 2.24) is 4.57 Å². The van der Waals surface area contributed by atoms with Crippen LogP contribution in [0.3, 0.4) is 0 Å². The van der Waals surface area contributed by atoms with E-state index in [0.29, 0.717) is 5.92 Å². The molecular formula is C14H19N3O. The highest BCUT2D eigenvalue weighted by molar-refractivity contribution is 6.00. The lowest BCUT2D eigenvalue weighted by Crippen LogP contribution is -2.12. The highest BCUT2D eigenvalue weighted by atomic mass is 16.4. The molecule has 0 fully saturated rings. The number of oxime groups is 1. The van der Waals surface area contributed by atoms with Gasteiger partial charge in [0.1, 0.15) is 0 Å². The Labute approximate surface area is 107 Å². The molecule has 0 aliphatic carbocycles. The molecule has 0 saturated carbocycles. The summed E-state index contributed by atoms with van der Waals surface area (Å²) in [6.07, 6.45) is 3.26. The number of hydrogen-bond donors (Lipinski definition) is 2. The van der Waals surface area contributed by atoms with Crippen molar-refractivity contribution in [2.75, 3.05) is 0 Å². The zero-order valence-electron chi connectivity index (χ0n) is 10.8. The molecule has 0 aliphatic rings. The molecule has 1 aromatic heterocycles. The number of hydrogen-bond acceptors (Lipinski definition) is 2. The van der Waals surface area contributed by atoms with Crippen molar-refractivity contribution in [3.63, 3.8) is 0 Å². The van der Waals surface area contributed by atoms with Crippen LogP contribution < -0.4 is 5.73 Å². The van der Waals surface area contributed by atoms with Gasteiger partial charge in [-0.2, -0.15) is 0 Å². The van der Waals surface area contributed by atoms with Crippen molar-refractivity contribution in [2.24, 2.45) is 16.8 Å². The van der Waals surface area contributed by atoms with Gasteiger partial charge >= 0.3 is 0 Å². The molecule has 0 aliphatic heterocycles. The molecule has 4 nitrogen and oxygen atoms in total. The SMILES string of the molecule is CCC(C)Cn1ccc2cc(/C(N)=N/O)ccc21. The fourth-order valence-electron chi connectivity index (χ4n) is 2.04. The summed E-state index contributed by atoms with van der Waals surface area (Å²) >= 11 is 0. The van der Waals surface area contributed by atoms with Crippen molar-refractivity contribution in [1.29, 1.82) is 0 Å². The number of aromatic nitrogens is 1. The molecule has 0 saturated heterocycles. The van der Waals surface area contributed by atoms with Crippen molar-refractivity contribution < 1.29 is 5.21 Å². The standard InChI is InChI=1S/C14H19N3O/c1-3-10(2)9-17-7-6-11-8-12(14(15)16-18)4-5-13(11)17/h4-8,10,18H,3,9H2,1-2H3,(H2,15,16). The molecule has 4 heteroatoms. The molecule has 0 bridgehead atoms. The summed E-state index contributed by atoms with van der Waals surface area (Å²) < 4.78 is 2.25.